The van der Waals surface area contributed by atoms with Crippen molar-refractivity contribution in [3.8, 4) is 0 Å². The van der Waals surface area contributed by atoms with Crippen LogP contribution in [0.1, 0.15) is 25.7 Å². The summed E-state index contributed by atoms with van der Waals surface area (Å²) in [6.45, 7) is 0. The van der Waals surface area contributed by atoms with Gasteiger partial charge in [0.2, 0.25) is 0 Å². The standard InChI is InChI=1S/C18H22As2/c1-2-10-16-20(18-13-7-4-8-14-18)19(15-9-1)17-11-5-3-6-12-17/h3-8,11-14H,1-2,9-10,15-16H2. The van der Waals surface area contributed by atoms with Gasteiger partial charge in [-0.3, -0.25) is 0 Å². The van der Waals surface area contributed by atoms with E-state index in [-0.39, 0.29) is 0 Å². The van der Waals surface area contributed by atoms with Crippen LogP contribution in [0.3, 0.4) is 0 Å². The fourth-order valence-corrected chi connectivity index (χ4v) is 27.8. The van der Waals surface area contributed by atoms with Gasteiger partial charge in [-0.15, -0.1) is 0 Å². The van der Waals surface area contributed by atoms with Crippen LogP contribution in [0.2, 0.25) is 10.4 Å². The van der Waals surface area contributed by atoms with E-state index >= 15 is 0 Å². The molecule has 1 saturated heterocycles. The predicted molar refractivity (Wildman–Crippen MR) is 91.7 cm³/mol. The third-order valence-corrected chi connectivity index (χ3v) is 27.7. The zero-order valence-corrected chi connectivity index (χ0v) is 15.7. The molecule has 1 aliphatic heterocycles. The van der Waals surface area contributed by atoms with E-state index in [4.69, 9.17) is 0 Å². The van der Waals surface area contributed by atoms with E-state index in [1.54, 1.807) is 19.1 Å². The first-order valence-electron chi connectivity index (χ1n) is 7.60. The molecule has 2 aromatic carbocycles. The molecule has 0 saturated carbocycles. The summed E-state index contributed by atoms with van der Waals surface area (Å²) in [7, 11) is 0. The number of benzene rings is 2. The Bertz CT molecular complexity index is 460. The van der Waals surface area contributed by atoms with Gasteiger partial charge in [0.05, 0.1) is 0 Å². The second-order valence-corrected chi connectivity index (χ2v) is 23.3. The van der Waals surface area contributed by atoms with E-state index in [0.29, 0.717) is 0 Å². The summed E-state index contributed by atoms with van der Waals surface area (Å²) in [4.78, 5) is 0. The van der Waals surface area contributed by atoms with Gasteiger partial charge in [0.25, 0.3) is 0 Å². The Morgan fingerprint density at radius 1 is 0.500 bits per heavy atom. The monoisotopic (exact) mass is 388 g/mol. The van der Waals surface area contributed by atoms with Crippen molar-refractivity contribution in [2.45, 2.75) is 36.1 Å². The maximum absolute atomic E-state index is 2.42. The summed E-state index contributed by atoms with van der Waals surface area (Å²) in [6.07, 6.45) is 5.89. The molecule has 3 rings (SSSR count). The van der Waals surface area contributed by atoms with Crippen LogP contribution in [0.15, 0.2) is 60.7 Å². The SMILES string of the molecule is c1ccc([As]2CCCCCC[As]2c2ccccc2)cc1. The van der Waals surface area contributed by atoms with Crippen LogP contribution in [0, 0.1) is 0 Å². The fourth-order valence-electron chi connectivity index (χ4n) is 2.86. The Morgan fingerprint density at radius 2 is 0.900 bits per heavy atom. The zero-order chi connectivity index (χ0) is 13.6. The quantitative estimate of drug-likeness (QED) is 0.692. The fraction of sp³-hybridized carbons (Fsp3) is 0.333. The van der Waals surface area contributed by atoms with Crippen molar-refractivity contribution in [3.05, 3.63) is 60.7 Å². The molecule has 0 N–H and O–H groups in total. The molecule has 20 heavy (non-hydrogen) atoms. The molecule has 2 aromatic rings. The summed E-state index contributed by atoms with van der Waals surface area (Å²) >= 11 is -1.67. The van der Waals surface area contributed by atoms with Gasteiger partial charge in [-0.2, -0.15) is 0 Å². The zero-order valence-electron chi connectivity index (χ0n) is 11.9. The van der Waals surface area contributed by atoms with Gasteiger partial charge < -0.3 is 0 Å². The molecule has 0 aromatic heterocycles. The molecular formula is C18H22As2. The average molecular weight is 388 g/mol. The van der Waals surface area contributed by atoms with Gasteiger partial charge in [0, 0.05) is 0 Å². The van der Waals surface area contributed by atoms with Crippen LogP contribution in [0.25, 0.3) is 0 Å². The van der Waals surface area contributed by atoms with Gasteiger partial charge in [0.15, 0.2) is 0 Å². The first kappa shape index (κ1) is 14.5. The van der Waals surface area contributed by atoms with Gasteiger partial charge in [-0.1, -0.05) is 0 Å². The molecule has 0 amide bonds. The van der Waals surface area contributed by atoms with Crippen LogP contribution >= 0.6 is 0 Å². The average Bonchev–Trinajstić information content (AvgIpc) is 2.49. The van der Waals surface area contributed by atoms with Crippen molar-refractivity contribution in [3.63, 3.8) is 0 Å². The summed E-state index contributed by atoms with van der Waals surface area (Å²) in [5.74, 6) is 0. The van der Waals surface area contributed by atoms with E-state index in [9.17, 15) is 0 Å². The first-order chi connectivity index (χ1) is 9.95. The second-order valence-electron chi connectivity index (χ2n) is 5.33. The number of rotatable bonds is 2. The van der Waals surface area contributed by atoms with Crippen LogP contribution in [0.5, 0.6) is 0 Å². The van der Waals surface area contributed by atoms with E-state index in [2.05, 4.69) is 60.7 Å². The van der Waals surface area contributed by atoms with Gasteiger partial charge in [0.1, 0.15) is 0 Å². The normalized spacial score (nSPS) is 23.8. The van der Waals surface area contributed by atoms with Crippen molar-refractivity contribution in [2.24, 2.45) is 0 Å². The third kappa shape index (κ3) is 3.60. The third-order valence-electron chi connectivity index (χ3n) is 3.89. The topological polar surface area (TPSA) is 0 Å². The van der Waals surface area contributed by atoms with Crippen LogP contribution in [-0.2, 0) is 0 Å². The molecule has 1 aliphatic rings. The van der Waals surface area contributed by atoms with Crippen molar-refractivity contribution in [2.75, 3.05) is 0 Å². The summed E-state index contributed by atoms with van der Waals surface area (Å²) in [5.41, 5.74) is 0. The molecule has 0 spiro atoms. The van der Waals surface area contributed by atoms with Gasteiger partial charge in [-0.25, -0.2) is 0 Å². The number of hydrogen-bond acceptors (Lipinski definition) is 0. The molecular weight excluding hydrogens is 366 g/mol. The van der Waals surface area contributed by atoms with Crippen molar-refractivity contribution >= 4 is 33.9 Å². The molecule has 1 heterocycles. The molecule has 0 nitrogen and oxygen atoms in total. The molecule has 2 unspecified atom stereocenters. The Labute approximate surface area is 130 Å². The summed E-state index contributed by atoms with van der Waals surface area (Å²) in [6, 6.07) is 23.0. The Hall–Kier alpha value is -0.443. The molecule has 2 atom stereocenters. The van der Waals surface area contributed by atoms with Gasteiger partial charge in [-0.05, 0) is 0 Å². The van der Waals surface area contributed by atoms with Crippen molar-refractivity contribution in [1.29, 1.82) is 0 Å². The molecule has 0 aliphatic carbocycles. The minimum atomic E-state index is -0.834. The van der Waals surface area contributed by atoms with Crippen LogP contribution < -0.4 is 8.70 Å². The summed E-state index contributed by atoms with van der Waals surface area (Å²) < 4.78 is 3.48. The molecule has 0 radical (unpaired) electrons. The minimum absolute atomic E-state index is 0.834. The number of hydrogen-bond donors (Lipinski definition) is 0. The molecule has 0 bridgehead atoms. The Balaban J connectivity index is 1.92. The Morgan fingerprint density at radius 3 is 1.30 bits per heavy atom. The van der Waals surface area contributed by atoms with Crippen LogP contribution in [-0.4, -0.2) is 25.2 Å². The Kier molecular flexibility index (Phi) is 5.46. The van der Waals surface area contributed by atoms with E-state index in [1.165, 1.54) is 25.7 Å². The van der Waals surface area contributed by atoms with E-state index in [0.717, 1.165) is 0 Å². The predicted octanol–water partition coefficient (Wildman–Crippen LogP) is 3.44. The van der Waals surface area contributed by atoms with Crippen molar-refractivity contribution in [1.82, 2.24) is 0 Å². The van der Waals surface area contributed by atoms with E-state index < -0.39 is 25.2 Å². The van der Waals surface area contributed by atoms with Crippen LogP contribution in [0.4, 0.5) is 0 Å². The molecule has 2 heteroatoms. The molecule has 104 valence electrons. The first-order valence-corrected chi connectivity index (χ1v) is 17.3. The van der Waals surface area contributed by atoms with Gasteiger partial charge >= 0.3 is 131 Å². The van der Waals surface area contributed by atoms with Crippen molar-refractivity contribution < 1.29 is 0 Å². The molecule has 1 fully saturated rings. The second kappa shape index (κ2) is 7.53. The maximum atomic E-state index is 2.42. The summed E-state index contributed by atoms with van der Waals surface area (Å²) in [5, 5.41) is 3.10. The van der Waals surface area contributed by atoms with E-state index in [1.807, 2.05) is 0 Å².